The monoisotopic (exact) mass is 853 g/mol. The van der Waals surface area contributed by atoms with Crippen molar-refractivity contribution in [1.29, 1.82) is 0 Å². The van der Waals surface area contributed by atoms with Gasteiger partial charge in [-0.15, -0.1) is 0 Å². The van der Waals surface area contributed by atoms with Crippen LogP contribution in [0.15, 0.2) is 146 Å². The van der Waals surface area contributed by atoms with E-state index in [9.17, 15) is 19.4 Å². The Hall–Kier alpha value is -3.66. The van der Waals surface area contributed by atoms with E-state index in [4.69, 9.17) is 23.6 Å². The van der Waals surface area contributed by atoms with Crippen molar-refractivity contribution in [1.82, 2.24) is 0 Å². The predicted octanol–water partition coefficient (Wildman–Crippen LogP) is 12.4. The highest BCUT2D eigenvalue weighted by atomic mass is 31.2. The maximum absolute atomic E-state index is 12.6. The van der Waals surface area contributed by atoms with E-state index in [0.717, 1.165) is 77.0 Å². The van der Waals surface area contributed by atoms with Crippen LogP contribution in [0.25, 0.3) is 0 Å². The summed E-state index contributed by atoms with van der Waals surface area (Å²) in [5.41, 5.74) is 0. The molecule has 10 heteroatoms. The summed E-state index contributed by atoms with van der Waals surface area (Å²) in [4.78, 5) is 22.6. The minimum absolute atomic E-state index is 0.0401. The van der Waals surface area contributed by atoms with Gasteiger partial charge in [0, 0.05) is 6.42 Å². The third-order valence-electron chi connectivity index (χ3n) is 8.04. The molecule has 0 heterocycles. The van der Waals surface area contributed by atoms with E-state index in [1.807, 2.05) is 12.2 Å². The summed E-state index contributed by atoms with van der Waals surface area (Å²) >= 11 is 0. The van der Waals surface area contributed by atoms with Crippen molar-refractivity contribution >= 4 is 13.8 Å². The second-order valence-corrected chi connectivity index (χ2v) is 15.0. The molecule has 0 fully saturated rings. The highest BCUT2D eigenvalue weighted by Gasteiger charge is 2.26. The van der Waals surface area contributed by atoms with Crippen molar-refractivity contribution in [2.45, 2.75) is 129 Å². The molecule has 0 rings (SSSR count). The number of carbonyl (C=O) groups is 1. The number of hydrogen-bond acceptors (Lipinski definition) is 8. The van der Waals surface area contributed by atoms with Crippen molar-refractivity contribution in [3.05, 3.63) is 146 Å². The molecule has 0 aliphatic heterocycles. The van der Waals surface area contributed by atoms with E-state index >= 15 is 0 Å². The fraction of sp³-hybridized carbons (Fsp3) is 0.500. The molecule has 0 saturated carbocycles. The van der Waals surface area contributed by atoms with Gasteiger partial charge in [-0.05, 0) is 96.3 Å². The van der Waals surface area contributed by atoms with Gasteiger partial charge in [0.25, 0.3) is 0 Å². The van der Waals surface area contributed by atoms with Gasteiger partial charge in [0.1, 0.15) is 12.2 Å². The van der Waals surface area contributed by atoms with Gasteiger partial charge < -0.3 is 24.6 Å². The summed E-state index contributed by atoms with van der Waals surface area (Å²) in [6.07, 6.45) is 62.7. The molecule has 3 N–H and O–H groups in total. The largest absolute Gasteiger partial charge is 0.472 e. The lowest BCUT2D eigenvalue weighted by Gasteiger charge is -2.20. The lowest BCUT2D eigenvalue weighted by atomic mass is 10.2. The van der Waals surface area contributed by atoms with Gasteiger partial charge in [0.05, 0.1) is 33.0 Å². The number of esters is 1. The molecule has 336 valence electrons. The lowest BCUT2D eigenvalue weighted by Crippen LogP contribution is -2.28. The van der Waals surface area contributed by atoms with Gasteiger partial charge in [-0.3, -0.25) is 13.8 Å². The van der Waals surface area contributed by atoms with Crippen LogP contribution in [0.1, 0.15) is 117 Å². The SMILES string of the molecule is CC/C=C\C/C=C\C/C=C\C/C=C\C/C=C\C/C=C\C/C=C\CCCC(=O)OC(COCC/C=C\C/C=C\C/C=C\C/C=C\C/C=C\CC)COP(=O)(O)OCC(O)CO. The number of unbranched alkanes of at least 4 members (excludes halogenated alkanes) is 1. The smallest absolute Gasteiger partial charge is 0.457 e. The molecule has 60 heavy (non-hydrogen) atoms. The molecular weight excluding hydrogens is 776 g/mol. The van der Waals surface area contributed by atoms with E-state index in [0.29, 0.717) is 25.9 Å². The van der Waals surface area contributed by atoms with Crippen LogP contribution in [0.4, 0.5) is 0 Å². The number of aliphatic hydroxyl groups excluding tert-OH is 2. The van der Waals surface area contributed by atoms with E-state index in [-0.39, 0.29) is 13.0 Å². The highest BCUT2D eigenvalue weighted by Crippen LogP contribution is 2.43. The molecule has 0 saturated heterocycles. The average Bonchev–Trinajstić information content (AvgIpc) is 3.24. The molecular formula is C50H77O9P. The maximum atomic E-state index is 12.6. The van der Waals surface area contributed by atoms with Crippen molar-refractivity contribution in [2.24, 2.45) is 0 Å². The number of allylic oxidation sites excluding steroid dienone is 23. The number of phosphoric acid groups is 1. The van der Waals surface area contributed by atoms with Gasteiger partial charge in [-0.25, -0.2) is 4.57 Å². The number of aliphatic hydroxyl groups is 2. The van der Waals surface area contributed by atoms with Gasteiger partial charge in [0.2, 0.25) is 0 Å². The first-order valence-corrected chi connectivity index (χ1v) is 23.3. The molecule has 0 radical (unpaired) electrons. The number of hydrogen-bond donors (Lipinski definition) is 3. The lowest BCUT2D eigenvalue weighted by molar-refractivity contribution is -0.154. The Morgan fingerprint density at radius 1 is 0.517 bits per heavy atom. The zero-order valence-corrected chi connectivity index (χ0v) is 37.5. The summed E-state index contributed by atoms with van der Waals surface area (Å²) in [6, 6.07) is 0. The minimum Gasteiger partial charge on any atom is -0.457 e. The second-order valence-electron chi connectivity index (χ2n) is 13.6. The first kappa shape index (κ1) is 56.3. The fourth-order valence-electron chi connectivity index (χ4n) is 4.82. The Morgan fingerprint density at radius 2 is 0.867 bits per heavy atom. The standard InChI is InChI=1S/C50H77O9P/c1-3-5-7-9-11-13-15-17-19-21-22-23-24-25-26-27-28-30-32-34-36-38-40-42-50(53)59-49(47-58-60(54,55)57-45-48(52)44-51)46-56-43-41-39-37-35-33-31-29-20-18-16-14-12-10-8-6-4-2/h5-8,11-14,17-20,22-23,25-26,28,30-31,33-34,36-37,39,48-49,51-52H,3-4,9-10,15-16,21,24,27,29,32,35,38,40-47H2,1-2H3,(H,54,55)/b7-5-,8-6-,13-11-,14-12-,19-17-,20-18-,23-22-,26-25-,30-28-,33-31-,36-34-,39-37-. The zero-order chi connectivity index (χ0) is 43.9. The van der Waals surface area contributed by atoms with Gasteiger partial charge >= 0.3 is 13.8 Å². The molecule has 0 aromatic rings. The molecule has 0 aromatic heterocycles. The van der Waals surface area contributed by atoms with Crippen LogP contribution in [0.3, 0.4) is 0 Å². The number of rotatable bonds is 39. The van der Waals surface area contributed by atoms with E-state index in [2.05, 4.69) is 148 Å². The first-order chi connectivity index (χ1) is 29.3. The molecule has 0 amide bonds. The Balaban J connectivity index is 4.43. The molecule has 0 aromatic carbocycles. The van der Waals surface area contributed by atoms with Crippen molar-refractivity contribution in [3.63, 3.8) is 0 Å². The Bertz CT molecular complexity index is 1430. The quantitative estimate of drug-likeness (QED) is 0.0239. The molecule has 3 atom stereocenters. The van der Waals surface area contributed by atoms with Gasteiger partial charge in [0.15, 0.2) is 0 Å². The average molecular weight is 853 g/mol. The third-order valence-corrected chi connectivity index (χ3v) is 8.99. The van der Waals surface area contributed by atoms with Crippen LogP contribution >= 0.6 is 7.82 Å². The Labute approximate surface area is 363 Å². The third kappa shape index (κ3) is 43.9. The summed E-state index contributed by atoms with van der Waals surface area (Å²) in [5, 5.41) is 18.3. The van der Waals surface area contributed by atoms with Crippen molar-refractivity contribution in [3.8, 4) is 0 Å². The number of carbonyl (C=O) groups excluding carboxylic acids is 1. The van der Waals surface area contributed by atoms with E-state index in [1.54, 1.807) is 0 Å². The minimum atomic E-state index is -4.57. The normalized spacial score (nSPS) is 15.3. The van der Waals surface area contributed by atoms with Gasteiger partial charge in [-0.1, -0.05) is 160 Å². The summed E-state index contributed by atoms with van der Waals surface area (Å²) in [6.45, 7) is 2.92. The highest BCUT2D eigenvalue weighted by molar-refractivity contribution is 7.47. The molecule has 0 bridgehead atoms. The van der Waals surface area contributed by atoms with Gasteiger partial charge in [-0.2, -0.15) is 0 Å². The summed E-state index contributed by atoms with van der Waals surface area (Å²) in [7, 11) is -4.57. The molecule has 9 nitrogen and oxygen atoms in total. The predicted molar refractivity (Wildman–Crippen MR) is 250 cm³/mol. The molecule has 0 aliphatic rings. The van der Waals surface area contributed by atoms with Crippen LogP contribution in [0.5, 0.6) is 0 Å². The van der Waals surface area contributed by atoms with Crippen LogP contribution in [-0.4, -0.2) is 66.3 Å². The summed E-state index contributed by atoms with van der Waals surface area (Å²) in [5.74, 6) is -0.472. The van der Waals surface area contributed by atoms with E-state index < -0.39 is 45.8 Å². The molecule has 0 aliphatic carbocycles. The Morgan fingerprint density at radius 3 is 1.25 bits per heavy atom. The number of phosphoric ester groups is 1. The molecule has 3 unspecified atom stereocenters. The summed E-state index contributed by atoms with van der Waals surface area (Å²) < 4.78 is 33.2. The maximum Gasteiger partial charge on any atom is 0.472 e. The fourth-order valence-corrected chi connectivity index (χ4v) is 5.61. The van der Waals surface area contributed by atoms with Crippen LogP contribution < -0.4 is 0 Å². The van der Waals surface area contributed by atoms with E-state index in [1.165, 1.54) is 0 Å². The Kier molecular flexibility index (Phi) is 42.1. The second kappa shape index (κ2) is 44.9. The topological polar surface area (TPSA) is 132 Å². The zero-order valence-electron chi connectivity index (χ0n) is 36.6. The number of ether oxygens (including phenoxy) is 2. The van der Waals surface area contributed by atoms with Crippen molar-refractivity contribution < 1.29 is 43.0 Å². The first-order valence-electron chi connectivity index (χ1n) is 21.8. The van der Waals surface area contributed by atoms with Crippen molar-refractivity contribution in [2.75, 3.05) is 33.0 Å². The van der Waals surface area contributed by atoms with Crippen LogP contribution in [0, 0.1) is 0 Å². The molecule has 0 spiro atoms. The van der Waals surface area contributed by atoms with Crippen LogP contribution in [0.2, 0.25) is 0 Å². The van der Waals surface area contributed by atoms with Crippen LogP contribution in [-0.2, 0) is 27.9 Å².